The Bertz CT molecular complexity index is 1020. The zero-order chi connectivity index (χ0) is 19.7. The summed E-state index contributed by atoms with van der Waals surface area (Å²) in [5.74, 6) is 1.63. The molecule has 0 bridgehead atoms. The first-order valence-corrected chi connectivity index (χ1v) is 9.43. The predicted molar refractivity (Wildman–Crippen MR) is 109 cm³/mol. The first-order chi connectivity index (χ1) is 13.5. The van der Waals surface area contributed by atoms with Crippen LogP contribution in [0.5, 0.6) is 0 Å². The molecule has 1 aliphatic heterocycles. The molecule has 1 fully saturated rings. The van der Waals surface area contributed by atoms with E-state index < -0.39 is 0 Å². The summed E-state index contributed by atoms with van der Waals surface area (Å²) in [7, 11) is 0. The summed E-state index contributed by atoms with van der Waals surface area (Å²) in [5, 5.41) is 22.4. The zero-order valence-corrected chi connectivity index (χ0v) is 16.4. The third kappa shape index (κ3) is 3.41. The first-order valence-electron chi connectivity index (χ1n) is 9.43. The van der Waals surface area contributed by atoms with Crippen molar-refractivity contribution in [2.75, 3.05) is 36.0 Å². The Balaban J connectivity index is 1.43. The Morgan fingerprint density at radius 2 is 1.54 bits per heavy atom. The standard InChI is InChI=1S/C21H23N7/c1-15-12-19(5-4-18(15)14-22)26-8-10-27(11-9-26)20-6-7-21(24-23-20)28-17(3)13-16(2)25-28/h4-7,12-13H,8-11H2,1-3H3. The molecular formula is C21H23N7. The van der Waals surface area contributed by atoms with Crippen molar-refractivity contribution in [1.82, 2.24) is 20.0 Å². The molecule has 0 radical (unpaired) electrons. The van der Waals surface area contributed by atoms with Gasteiger partial charge in [0.25, 0.3) is 0 Å². The lowest BCUT2D eigenvalue weighted by Crippen LogP contribution is -2.47. The van der Waals surface area contributed by atoms with Gasteiger partial charge in [0, 0.05) is 37.6 Å². The third-order valence-corrected chi connectivity index (χ3v) is 5.16. The number of rotatable bonds is 3. The van der Waals surface area contributed by atoms with E-state index in [9.17, 15) is 0 Å². The van der Waals surface area contributed by atoms with Gasteiger partial charge in [-0.25, -0.2) is 4.68 Å². The van der Waals surface area contributed by atoms with Gasteiger partial charge >= 0.3 is 0 Å². The highest BCUT2D eigenvalue weighted by Gasteiger charge is 2.19. The van der Waals surface area contributed by atoms with Crippen LogP contribution < -0.4 is 9.80 Å². The second-order valence-electron chi connectivity index (χ2n) is 7.17. The van der Waals surface area contributed by atoms with E-state index in [-0.39, 0.29) is 0 Å². The quantitative estimate of drug-likeness (QED) is 0.703. The van der Waals surface area contributed by atoms with E-state index in [0.29, 0.717) is 0 Å². The van der Waals surface area contributed by atoms with Crippen LogP contribution in [0.25, 0.3) is 5.82 Å². The van der Waals surface area contributed by atoms with Gasteiger partial charge in [0.2, 0.25) is 0 Å². The number of benzene rings is 1. The van der Waals surface area contributed by atoms with Crippen molar-refractivity contribution in [3.05, 3.63) is 58.9 Å². The van der Waals surface area contributed by atoms with Crippen LogP contribution in [0, 0.1) is 32.1 Å². The molecule has 1 aliphatic rings. The maximum atomic E-state index is 9.10. The van der Waals surface area contributed by atoms with Crippen LogP contribution in [-0.4, -0.2) is 46.2 Å². The SMILES string of the molecule is Cc1cc(C)n(-c2ccc(N3CCN(c4ccc(C#N)c(C)c4)CC3)nn2)n1. The fourth-order valence-electron chi connectivity index (χ4n) is 3.62. The number of nitriles is 1. The van der Waals surface area contributed by atoms with E-state index in [1.807, 2.05) is 55.8 Å². The molecule has 2 aromatic heterocycles. The second-order valence-corrected chi connectivity index (χ2v) is 7.17. The van der Waals surface area contributed by atoms with Crippen molar-refractivity contribution >= 4 is 11.5 Å². The van der Waals surface area contributed by atoms with Crippen LogP contribution in [0.1, 0.15) is 22.5 Å². The summed E-state index contributed by atoms with van der Waals surface area (Å²) in [6.45, 7) is 9.55. The molecule has 28 heavy (non-hydrogen) atoms. The van der Waals surface area contributed by atoms with Gasteiger partial charge in [-0.05, 0) is 62.7 Å². The maximum absolute atomic E-state index is 9.10. The largest absolute Gasteiger partial charge is 0.368 e. The topological polar surface area (TPSA) is 73.9 Å². The first kappa shape index (κ1) is 18.0. The second kappa shape index (κ2) is 7.31. The molecule has 1 aromatic carbocycles. The average molecular weight is 373 g/mol. The van der Waals surface area contributed by atoms with E-state index in [4.69, 9.17) is 5.26 Å². The lowest BCUT2D eigenvalue weighted by Gasteiger charge is -2.36. The van der Waals surface area contributed by atoms with Crippen molar-refractivity contribution in [2.24, 2.45) is 0 Å². The molecule has 0 atom stereocenters. The smallest absolute Gasteiger partial charge is 0.176 e. The van der Waals surface area contributed by atoms with Gasteiger partial charge in [-0.2, -0.15) is 10.4 Å². The molecular weight excluding hydrogens is 350 g/mol. The molecule has 0 spiro atoms. The van der Waals surface area contributed by atoms with Crippen LogP contribution in [0.15, 0.2) is 36.4 Å². The Kier molecular flexibility index (Phi) is 4.70. The summed E-state index contributed by atoms with van der Waals surface area (Å²) in [5.41, 5.74) is 4.94. The Hall–Kier alpha value is -3.40. The molecule has 0 saturated carbocycles. The number of hydrogen-bond donors (Lipinski definition) is 0. The van der Waals surface area contributed by atoms with Crippen molar-refractivity contribution in [3.63, 3.8) is 0 Å². The van der Waals surface area contributed by atoms with Crippen molar-refractivity contribution in [2.45, 2.75) is 20.8 Å². The molecule has 0 N–H and O–H groups in total. The Labute approximate surface area is 164 Å². The van der Waals surface area contributed by atoms with Gasteiger partial charge in [-0.15, -0.1) is 10.2 Å². The number of aryl methyl sites for hydroxylation is 3. The molecule has 0 unspecified atom stereocenters. The Morgan fingerprint density at radius 3 is 2.11 bits per heavy atom. The number of piperazine rings is 1. The zero-order valence-electron chi connectivity index (χ0n) is 16.4. The summed E-state index contributed by atoms with van der Waals surface area (Å²) in [6, 6.07) is 14.3. The highest BCUT2D eigenvalue weighted by molar-refractivity contribution is 5.55. The van der Waals surface area contributed by atoms with Gasteiger partial charge in [0.05, 0.1) is 17.3 Å². The molecule has 7 heteroatoms. The average Bonchev–Trinajstić information content (AvgIpc) is 3.06. The molecule has 7 nitrogen and oxygen atoms in total. The van der Waals surface area contributed by atoms with Crippen molar-refractivity contribution in [1.29, 1.82) is 5.26 Å². The van der Waals surface area contributed by atoms with Crippen molar-refractivity contribution in [3.8, 4) is 11.9 Å². The van der Waals surface area contributed by atoms with Crippen LogP contribution >= 0.6 is 0 Å². The number of nitrogens with zero attached hydrogens (tertiary/aromatic N) is 7. The minimum atomic E-state index is 0.736. The molecule has 4 rings (SSSR count). The van der Waals surface area contributed by atoms with E-state index in [1.54, 1.807) is 0 Å². The maximum Gasteiger partial charge on any atom is 0.176 e. The fraction of sp³-hybridized carbons (Fsp3) is 0.333. The number of hydrogen-bond acceptors (Lipinski definition) is 6. The molecule has 0 aliphatic carbocycles. The summed E-state index contributed by atoms with van der Waals surface area (Å²) >= 11 is 0. The normalized spacial score (nSPS) is 14.2. The van der Waals surface area contributed by atoms with Crippen LogP contribution in [0.4, 0.5) is 11.5 Å². The lowest BCUT2D eigenvalue weighted by molar-refractivity contribution is 0.641. The van der Waals surface area contributed by atoms with E-state index in [0.717, 1.165) is 60.3 Å². The molecule has 3 heterocycles. The van der Waals surface area contributed by atoms with Crippen LogP contribution in [-0.2, 0) is 0 Å². The summed E-state index contributed by atoms with van der Waals surface area (Å²) in [4.78, 5) is 4.60. The minimum Gasteiger partial charge on any atom is -0.368 e. The van der Waals surface area contributed by atoms with E-state index >= 15 is 0 Å². The molecule has 0 amide bonds. The number of anilines is 2. The molecule has 142 valence electrons. The monoisotopic (exact) mass is 373 g/mol. The Morgan fingerprint density at radius 1 is 0.857 bits per heavy atom. The van der Waals surface area contributed by atoms with Crippen molar-refractivity contribution < 1.29 is 0 Å². The summed E-state index contributed by atoms with van der Waals surface area (Å²) < 4.78 is 1.82. The van der Waals surface area contributed by atoms with Gasteiger partial charge in [0.1, 0.15) is 0 Å². The van der Waals surface area contributed by atoms with Gasteiger partial charge < -0.3 is 9.80 Å². The fourth-order valence-corrected chi connectivity index (χ4v) is 3.62. The highest BCUT2D eigenvalue weighted by atomic mass is 15.4. The molecule has 3 aromatic rings. The van der Waals surface area contributed by atoms with Gasteiger partial charge in [-0.3, -0.25) is 0 Å². The minimum absolute atomic E-state index is 0.736. The van der Waals surface area contributed by atoms with Crippen LogP contribution in [0.2, 0.25) is 0 Å². The van der Waals surface area contributed by atoms with E-state index in [2.05, 4.69) is 37.2 Å². The van der Waals surface area contributed by atoms with E-state index in [1.165, 1.54) is 5.69 Å². The van der Waals surface area contributed by atoms with Gasteiger partial charge in [-0.1, -0.05) is 0 Å². The van der Waals surface area contributed by atoms with Gasteiger partial charge in [0.15, 0.2) is 11.6 Å². The lowest BCUT2D eigenvalue weighted by atomic mass is 10.1. The molecule has 1 saturated heterocycles. The van der Waals surface area contributed by atoms with Crippen LogP contribution in [0.3, 0.4) is 0 Å². The summed E-state index contributed by atoms with van der Waals surface area (Å²) in [6.07, 6.45) is 0. The number of aromatic nitrogens is 4. The third-order valence-electron chi connectivity index (χ3n) is 5.16. The predicted octanol–water partition coefficient (Wildman–Crippen LogP) is 2.79. The highest BCUT2D eigenvalue weighted by Crippen LogP contribution is 2.22.